The zero-order valence-electron chi connectivity index (χ0n) is 6.36. The Bertz CT molecular complexity index is 167. The Morgan fingerprint density at radius 2 is 1.92 bits per heavy atom. The fourth-order valence-corrected chi connectivity index (χ4v) is 1.45. The van der Waals surface area contributed by atoms with Gasteiger partial charge < -0.3 is 5.11 Å². The molecule has 1 nitrogen and oxygen atoms in total. The second-order valence-electron chi connectivity index (χ2n) is 3.21. The maximum absolute atomic E-state index is 13.0. The van der Waals surface area contributed by atoms with E-state index in [1.54, 1.807) is 0 Å². The van der Waals surface area contributed by atoms with Crippen LogP contribution in [0, 0.1) is 0 Å². The maximum Gasteiger partial charge on any atom is 0.422 e. The first-order chi connectivity index (χ1) is 5.35. The Balaban J connectivity index is 2.70. The number of hydrogen-bond acceptors (Lipinski definition) is 1. The minimum Gasteiger partial charge on any atom is -0.393 e. The average Bonchev–Trinajstić information content (AvgIpc) is 1.83. The molecule has 0 aromatic rings. The summed E-state index contributed by atoms with van der Waals surface area (Å²) in [7, 11) is 0. The molecule has 1 fully saturated rings. The van der Waals surface area contributed by atoms with E-state index in [0.29, 0.717) is 0 Å². The molecule has 1 aliphatic rings. The normalized spacial score (nSPS) is 38.2. The van der Waals surface area contributed by atoms with Crippen molar-refractivity contribution in [2.75, 3.05) is 0 Å². The van der Waals surface area contributed by atoms with Gasteiger partial charge >= 0.3 is 6.18 Å². The SMILES string of the molecule is OC1CCCC(F)(C(F)(F)F)C1. The topological polar surface area (TPSA) is 20.2 Å². The van der Waals surface area contributed by atoms with Crippen molar-refractivity contribution in [2.45, 2.75) is 43.6 Å². The molecule has 0 aromatic carbocycles. The Kier molecular flexibility index (Phi) is 2.33. The quantitative estimate of drug-likeness (QED) is 0.575. The summed E-state index contributed by atoms with van der Waals surface area (Å²) in [6, 6.07) is 0. The molecule has 1 N–H and O–H groups in total. The molecule has 1 aliphatic carbocycles. The molecule has 0 bridgehead atoms. The van der Waals surface area contributed by atoms with E-state index in [2.05, 4.69) is 0 Å². The number of rotatable bonds is 0. The van der Waals surface area contributed by atoms with Crippen molar-refractivity contribution in [1.82, 2.24) is 0 Å². The second-order valence-corrected chi connectivity index (χ2v) is 3.21. The summed E-state index contributed by atoms with van der Waals surface area (Å²) in [5, 5.41) is 8.87. The number of aliphatic hydroxyl groups is 1. The summed E-state index contributed by atoms with van der Waals surface area (Å²) in [6.07, 6.45) is -6.96. The molecule has 2 atom stereocenters. The highest BCUT2D eigenvalue weighted by atomic mass is 19.4. The lowest BCUT2D eigenvalue weighted by Crippen LogP contribution is -2.46. The average molecular weight is 186 g/mol. The van der Waals surface area contributed by atoms with Crippen LogP contribution in [0.1, 0.15) is 25.7 Å². The summed E-state index contributed by atoms with van der Waals surface area (Å²) in [4.78, 5) is 0. The molecular formula is C7H10F4O. The fourth-order valence-electron chi connectivity index (χ4n) is 1.45. The van der Waals surface area contributed by atoms with Crippen molar-refractivity contribution < 1.29 is 22.7 Å². The summed E-state index contributed by atoms with van der Waals surface area (Å²) in [6.45, 7) is 0. The van der Waals surface area contributed by atoms with E-state index in [1.165, 1.54) is 0 Å². The van der Waals surface area contributed by atoms with E-state index < -0.39 is 30.8 Å². The van der Waals surface area contributed by atoms with Gasteiger partial charge in [-0.2, -0.15) is 13.2 Å². The smallest absolute Gasteiger partial charge is 0.393 e. The highest BCUT2D eigenvalue weighted by Crippen LogP contribution is 2.44. The lowest BCUT2D eigenvalue weighted by Gasteiger charge is -2.33. The summed E-state index contributed by atoms with van der Waals surface area (Å²) < 4.78 is 49.1. The molecule has 1 rings (SSSR count). The molecule has 12 heavy (non-hydrogen) atoms. The monoisotopic (exact) mass is 186 g/mol. The van der Waals surface area contributed by atoms with Gasteiger partial charge in [0.2, 0.25) is 5.67 Å². The molecule has 0 heterocycles. The van der Waals surface area contributed by atoms with E-state index in [9.17, 15) is 17.6 Å². The first-order valence-corrected chi connectivity index (χ1v) is 3.79. The van der Waals surface area contributed by atoms with Gasteiger partial charge in [0, 0.05) is 6.42 Å². The van der Waals surface area contributed by atoms with Crippen molar-refractivity contribution in [1.29, 1.82) is 0 Å². The minimum atomic E-state index is -4.84. The van der Waals surface area contributed by atoms with Crippen LogP contribution in [-0.2, 0) is 0 Å². The Morgan fingerprint density at radius 1 is 1.33 bits per heavy atom. The van der Waals surface area contributed by atoms with Crippen LogP contribution >= 0.6 is 0 Å². The van der Waals surface area contributed by atoms with Crippen LogP contribution in [0.15, 0.2) is 0 Å². The van der Waals surface area contributed by atoms with Crippen LogP contribution in [0.5, 0.6) is 0 Å². The van der Waals surface area contributed by atoms with Crippen LogP contribution in [0.2, 0.25) is 0 Å². The van der Waals surface area contributed by atoms with Gasteiger partial charge in [-0.25, -0.2) is 4.39 Å². The van der Waals surface area contributed by atoms with Crippen LogP contribution < -0.4 is 0 Å². The number of aliphatic hydroxyl groups excluding tert-OH is 1. The van der Waals surface area contributed by atoms with Crippen LogP contribution in [-0.4, -0.2) is 23.1 Å². The molecule has 1 saturated carbocycles. The second kappa shape index (κ2) is 2.87. The summed E-state index contributed by atoms with van der Waals surface area (Å²) >= 11 is 0. The van der Waals surface area contributed by atoms with Crippen molar-refractivity contribution in [3.63, 3.8) is 0 Å². The van der Waals surface area contributed by atoms with Gasteiger partial charge in [-0.15, -0.1) is 0 Å². The standard InChI is InChI=1S/C7H10F4O/c8-6(7(9,10)11)3-1-2-5(12)4-6/h5,12H,1-4H2. The number of hydrogen-bond donors (Lipinski definition) is 1. The fraction of sp³-hybridized carbons (Fsp3) is 1.00. The lowest BCUT2D eigenvalue weighted by atomic mass is 9.84. The lowest BCUT2D eigenvalue weighted by molar-refractivity contribution is -0.247. The predicted octanol–water partition coefficient (Wildman–Crippen LogP) is 2.19. The molecule has 2 unspecified atom stereocenters. The van der Waals surface area contributed by atoms with Crippen LogP contribution in [0.4, 0.5) is 17.6 Å². The Morgan fingerprint density at radius 3 is 2.25 bits per heavy atom. The minimum absolute atomic E-state index is 0.0944. The molecule has 5 heteroatoms. The molecular weight excluding hydrogens is 176 g/mol. The van der Waals surface area contributed by atoms with Gasteiger partial charge in [0.05, 0.1) is 6.10 Å². The summed E-state index contributed by atoms with van der Waals surface area (Å²) in [5.41, 5.74) is -3.16. The molecule has 0 radical (unpaired) electrons. The molecule has 0 saturated heterocycles. The Hall–Kier alpha value is -0.320. The molecule has 0 spiro atoms. The zero-order valence-corrected chi connectivity index (χ0v) is 6.36. The summed E-state index contributed by atoms with van der Waals surface area (Å²) in [5.74, 6) is 0. The van der Waals surface area contributed by atoms with E-state index in [0.717, 1.165) is 0 Å². The van der Waals surface area contributed by atoms with Crippen molar-refractivity contribution >= 4 is 0 Å². The van der Waals surface area contributed by atoms with Crippen molar-refractivity contribution in [3.8, 4) is 0 Å². The highest BCUT2D eigenvalue weighted by molar-refractivity contribution is 4.92. The van der Waals surface area contributed by atoms with Crippen molar-refractivity contribution in [3.05, 3.63) is 0 Å². The third kappa shape index (κ3) is 1.71. The molecule has 0 aliphatic heterocycles. The van der Waals surface area contributed by atoms with Crippen LogP contribution in [0.25, 0.3) is 0 Å². The maximum atomic E-state index is 13.0. The van der Waals surface area contributed by atoms with Gasteiger partial charge in [0.1, 0.15) is 0 Å². The van der Waals surface area contributed by atoms with E-state index in [-0.39, 0.29) is 12.8 Å². The third-order valence-electron chi connectivity index (χ3n) is 2.18. The highest BCUT2D eigenvalue weighted by Gasteiger charge is 2.57. The van der Waals surface area contributed by atoms with Gasteiger partial charge in [-0.3, -0.25) is 0 Å². The molecule has 0 aromatic heterocycles. The van der Waals surface area contributed by atoms with Gasteiger partial charge in [-0.1, -0.05) is 0 Å². The molecule has 72 valence electrons. The Labute approximate surface area is 67.4 Å². The first kappa shape index (κ1) is 9.77. The van der Waals surface area contributed by atoms with E-state index in [4.69, 9.17) is 5.11 Å². The zero-order chi connectivity index (χ0) is 9.41. The molecule has 0 amide bonds. The predicted molar refractivity (Wildman–Crippen MR) is 34.4 cm³/mol. The van der Waals surface area contributed by atoms with Gasteiger partial charge in [0.15, 0.2) is 0 Å². The van der Waals surface area contributed by atoms with E-state index >= 15 is 0 Å². The number of alkyl halides is 4. The van der Waals surface area contributed by atoms with Crippen molar-refractivity contribution in [2.24, 2.45) is 0 Å². The largest absolute Gasteiger partial charge is 0.422 e. The van der Waals surface area contributed by atoms with Crippen LogP contribution in [0.3, 0.4) is 0 Å². The third-order valence-corrected chi connectivity index (χ3v) is 2.18. The number of halogens is 4. The van der Waals surface area contributed by atoms with E-state index in [1.807, 2.05) is 0 Å². The van der Waals surface area contributed by atoms with Gasteiger partial charge in [-0.05, 0) is 19.3 Å². The van der Waals surface area contributed by atoms with Gasteiger partial charge in [0.25, 0.3) is 0 Å². The first-order valence-electron chi connectivity index (χ1n) is 3.79.